The van der Waals surface area contributed by atoms with Crippen LogP contribution in [-0.4, -0.2) is 24.0 Å². The van der Waals surface area contributed by atoms with Crippen molar-refractivity contribution in [2.24, 2.45) is 11.1 Å². The Morgan fingerprint density at radius 3 is 2.44 bits per heavy atom. The molecule has 0 atom stereocenters. The van der Waals surface area contributed by atoms with Crippen LogP contribution in [0.1, 0.15) is 45.1 Å². The van der Waals surface area contributed by atoms with E-state index < -0.39 is 0 Å². The molecule has 1 aromatic rings. The van der Waals surface area contributed by atoms with Crippen molar-refractivity contribution in [3.05, 3.63) is 22.4 Å². The topological polar surface area (TPSA) is 29.3 Å². The van der Waals surface area contributed by atoms with Crippen LogP contribution in [0.2, 0.25) is 0 Å². The molecule has 1 saturated carbocycles. The summed E-state index contributed by atoms with van der Waals surface area (Å²) in [4.78, 5) is 2.49. The number of rotatable bonds is 4. The van der Waals surface area contributed by atoms with Crippen LogP contribution in [-0.2, 0) is 6.54 Å². The minimum absolute atomic E-state index is 0.220. The first-order valence-electron chi connectivity index (χ1n) is 6.90. The summed E-state index contributed by atoms with van der Waals surface area (Å²) in [5, 5.41) is 4.40. The molecule has 2 nitrogen and oxygen atoms in total. The van der Waals surface area contributed by atoms with Gasteiger partial charge < -0.3 is 5.73 Å². The molecule has 0 radical (unpaired) electrons. The van der Waals surface area contributed by atoms with Gasteiger partial charge in [0.05, 0.1) is 0 Å². The van der Waals surface area contributed by atoms with Crippen LogP contribution in [0, 0.1) is 5.41 Å². The first kappa shape index (κ1) is 14.0. The number of nitrogens with two attached hydrogens (primary N) is 1. The van der Waals surface area contributed by atoms with Crippen LogP contribution in [0.25, 0.3) is 0 Å². The third-order valence-electron chi connectivity index (χ3n) is 4.72. The Labute approximate surface area is 115 Å². The van der Waals surface area contributed by atoms with Crippen LogP contribution in [0.15, 0.2) is 16.8 Å². The minimum Gasteiger partial charge on any atom is -0.329 e. The average molecular weight is 266 g/mol. The monoisotopic (exact) mass is 266 g/mol. The van der Waals surface area contributed by atoms with E-state index in [9.17, 15) is 0 Å². The summed E-state index contributed by atoms with van der Waals surface area (Å²) >= 11 is 1.78. The molecule has 1 fully saturated rings. The zero-order valence-electron chi connectivity index (χ0n) is 11.9. The van der Waals surface area contributed by atoms with Crippen LogP contribution >= 0.6 is 11.3 Å². The highest BCUT2D eigenvalue weighted by atomic mass is 32.1. The molecule has 1 aliphatic carbocycles. The zero-order chi connectivity index (χ0) is 13.2. The second-order valence-corrected chi connectivity index (χ2v) is 7.36. The van der Waals surface area contributed by atoms with Crippen molar-refractivity contribution in [3.8, 4) is 0 Å². The summed E-state index contributed by atoms with van der Waals surface area (Å²) < 4.78 is 0. The van der Waals surface area contributed by atoms with E-state index in [1.54, 1.807) is 11.3 Å². The molecule has 0 spiro atoms. The smallest absolute Gasteiger partial charge is 0.0332 e. The molecule has 1 aromatic heterocycles. The highest BCUT2D eigenvalue weighted by Gasteiger charge is 2.40. The fourth-order valence-electron chi connectivity index (χ4n) is 2.96. The van der Waals surface area contributed by atoms with Crippen molar-refractivity contribution in [2.75, 3.05) is 13.6 Å². The van der Waals surface area contributed by atoms with E-state index in [-0.39, 0.29) is 5.54 Å². The highest BCUT2D eigenvalue weighted by molar-refractivity contribution is 7.07. The maximum Gasteiger partial charge on any atom is 0.0332 e. The third kappa shape index (κ3) is 2.95. The van der Waals surface area contributed by atoms with E-state index in [2.05, 4.69) is 42.6 Å². The molecule has 0 amide bonds. The molecular weight excluding hydrogens is 240 g/mol. The van der Waals surface area contributed by atoms with Crippen molar-refractivity contribution in [2.45, 2.75) is 51.6 Å². The third-order valence-corrected chi connectivity index (χ3v) is 5.46. The van der Waals surface area contributed by atoms with Gasteiger partial charge in [0.1, 0.15) is 0 Å². The van der Waals surface area contributed by atoms with E-state index in [4.69, 9.17) is 5.73 Å². The predicted molar refractivity (Wildman–Crippen MR) is 79.8 cm³/mol. The number of hydrogen-bond donors (Lipinski definition) is 1. The van der Waals surface area contributed by atoms with E-state index in [1.807, 2.05) is 0 Å². The minimum atomic E-state index is 0.220. The Bertz CT molecular complexity index is 360. The Morgan fingerprint density at radius 2 is 1.94 bits per heavy atom. The molecular formula is C15H26N2S. The molecule has 102 valence electrons. The van der Waals surface area contributed by atoms with Crippen LogP contribution in [0.4, 0.5) is 0 Å². The number of nitrogens with zero attached hydrogens (tertiary/aromatic N) is 1. The van der Waals surface area contributed by atoms with Crippen LogP contribution in [0.5, 0.6) is 0 Å². The van der Waals surface area contributed by atoms with Gasteiger partial charge in [-0.15, -0.1) is 0 Å². The largest absolute Gasteiger partial charge is 0.329 e. The summed E-state index contributed by atoms with van der Waals surface area (Å²) in [6.07, 6.45) is 5.05. The van der Waals surface area contributed by atoms with E-state index in [0.29, 0.717) is 5.41 Å². The summed E-state index contributed by atoms with van der Waals surface area (Å²) in [5.41, 5.74) is 8.26. The first-order valence-corrected chi connectivity index (χ1v) is 7.84. The molecule has 2 rings (SSSR count). The van der Waals surface area contributed by atoms with Crippen molar-refractivity contribution < 1.29 is 0 Å². The van der Waals surface area contributed by atoms with Gasteiger partial charge >= 0.3 is 0 Å². The van der Waals surface area contributed by atoms with Gasteiger partial charge in [-0.1, -0.05) is 13.8 Å². The van der Waals surface area contributed by atoms with Crippen LogP contribution in [0.3, 0.4) is 0 Å². The number of hydrogen-bond acceptors (Lipinski definition) is 3. The van der Waals surface area contributed by atoms with Crippen molar-refractivity contribution >= 4 is 11.3 Å². The molecule has 18 heavy (non-hydrogen) atoms. The molecule has 0 unspecified atom stereocenters. The highest BCUT2D eigenvalue weighted by Crippen LogP contribution is 2.42. The molecule has 0 saturated heterocycles. The van der Waals surface area contributed by atoms with E-state index in [1.165, 1.54) is 31.2 Å². The fraction of sp³-hybridized carbons (Fsp3) is 0.733. The lowest BCUT2D eigenvalue weighted by Gasteiger charge is -2.48. The first-order chi connectivity index (χ1) is 8.47. The van der Waals surface area contributed by atoms with Crippen LogP contribution < -0.4 is 5.73 Å². The summed E-state index contributed by atoms with van der Waals surface area (Å²) in [6.45, 7) is 6.57. The van der Waals surface area contributed by atoms with E-state index >= 15 is 0 Å². The van der Waals surface area contributed by atoms with Gasteiger partial charge in [0.2, 0.25) is 0 Å². The Morgan fingerprint density at radius 1 is 1.28 bits per heavy atom. The summed E-state index contributed by atoms with van der Waals surface area (Å²) in [5.74, 6) is 0. The number of likely N-dealkylation sites (N-methyl/N-ethyl adjacent to an activating group) is 1. The van der Waals surface area contributed by atoms with Gasteiger partial charge in [-0.25, -0.2) is 0 Å². The lowest BCUT2D eigenvalue weighted by molar-refractivity contribution is 0.0365. The zero-order valence-corrected chi connectivity index (χ0v) is 12.7. The quantitative estimate of drug-likeness (QED) is 0.904. The van der Waals surface area contributed by atoms with Gasteiger partial charge in [0, 0.05) is 18.6 Å². The van der Waals surface area contributed by atoms with Gasteiger partial charge in [-0.2, -0.15) is 11.3 Å². The summed E-state index contributed by atoms with van der Waals surface area (Å²) in [7, 11) is 2.24. The van der Waals surface area contributed by atoms with Gasteiger partial charge in [0.25, 0.3) is 0 Å². The molecule has 0 bridgehead atoms. The fourth-order valence-corrected chi connectivity index (χ4v) is 3.62. The molecule has 1 heterocycles. The van der Waals surface area contributed by atoms with Crippen molar-refractivity contribution in [1.29, 1.82) is 0 Å². The predicted octanol–water partition coefficient (Wildman–Crippen LogP) is 3.48. The molecule has 3 heteroatoms. The second kappa shape index (κ2) is 5.32. The normalized spacial score (nSPS) is 22.3. The lowest BCUT2D eigenvalue weighted by atomic mass is 9.69. The second-order valence-electron chi connectivity index (χ2n) is 6.58. The molecule has 0 aliphatic heterocycles. The molecule has 1 aliphatic rings. The van der Waals surface area contributed by atoms with Crippen molar-refractivity contribution in [1.82, 2.24) is 4.90 Å². The maximum absolute atomic E-state index is 6.12. The molecule has 0 aromatic carbocycles. The maximum atomic E-state index is 6.12. The van der Waals surface area contributed by atoms with Gasteiger partial charge in [0.15, 0.2) is 0 Å². The average Bonchev–Trinajstić information content (AvgIpc) is 2.82. The standard InChI is InChI=1S/C15H26N2S/c1-14(2)5-7-15(12-16,8-6-14)17(3)10-13-4-9-18-11-13/h4,9,11H,5-8,10,12,16H2,1-3H3. The Hall–Kier alpha value is -0.380. The Kier molecular flexibility index (Phi) is 4.15. The molecule has 2 N–H and O–H groups in total. The lowest BCUT2D eigenvalue weighted by Crippen LogP contribution is -2.54. The Balaban J connectivity index is 2.03. The van der Waals surface area contributed by atoms with E-state index in [0.717, 1.165) is 13.1 Å². The number of thiophene rings is 1. The van der Waals surface area contributed by atoms with Gasteiger partial charge in [-0.3, -0.25) is 4.90 Å². The SMILES string of the molecule is CN(Cc1ccsc1)C1(CN)CCC(C)(C)CC1. The summed E-state index contributed by atoms with van der Waals surface area (Å²) in [6, 6.07) is 2.22. The van der Waals surface area contributed by atoms with Crippen molar-refractivity contribution in [3.63, 3.8) is 0 Å². The van der Waals surface area contributed by atoms with Gasteiger partial charge in [-0.05, 0) is 60.5 Å².